The Labute approximate surface area is 57.3 Å². The minimum absolute atomic E-state index is 0.182. The molecule has 0 heterocycles. The van der Waals surface area contributed by atoms with Gasteiger partial charge in [0.2, 0.25) is 0 Å². The molecule has 0 radical (unpaired) electrons. The van der Waals surface area contributed by atoms with Gasteiger partial charge >= 0.3 is 0 Å². The van der Waals surface area contributed by atoms with E-state index in [9.17, 15) is 0 Å². The summed E-state index contributed by atoms with van der Waals surface area (Å²) in [5.41, 5.74) is 6.79. The van der Waals surface area contributed by atoms with Crippen LogP contribution in [0.1, 0.15) is 20.8 Å². The normalized spacial score (nSPS) is 16.7. The molecule has 0 spiro atoms. The van der Waals surface area contributed by atoms with Crippen LogP contribution < -0.4 is 5.73 Å². The summed E-state index contributed by atoms with van der Waals surface area (Å²) in [5, 5.41) is 0. The maximum atomic E-state index is 5.57. The summed E-state index contributed by atoms with van der Waals surface area (Å²) in [7, 11) is 0. The number of rotatable bonds is 2. The molecular weight excluding hydrogens is 110 g/mol. The van der Waals surface area contributed by atoms with Gasteiger partial charge in [-0.3, -0.25) is 0 Å². The molecule has 0 rings (SSSR count). The lowest BCUT2D eigenvalue weighted by molar-refractivity contribution is 0.861. The van der Waals surface area contributed by atoms with Crippen LogP contribution in [-0.4, -0.2) is 6.04 Å². The first kappa shape index (κ1) is 8.44. The lowest BCUT2D eigenvalue weighted by Gasteiger charge is -2.01. The van der Waals surface area contributed by atoms with Crippen molar-refractivity contribution in [3.63, 3.8) is 0 Å². The van der Waals surface area contributed by atoms with Gasteiger partial charge in [0.15, 0.2) is 0 Å². The van der Waals surface area contributed by atoms with Crippen LogP contribution in [0.25, 0.3) is 0 Å². The molecule has 0 fully saturated rings. The Morgan fingerprint density at radius 2 is 2.11 bits per heavy atom. The molecule has 9 heavy (non-hydrogen) atoms. The number of hydrogen-bond acceptors (Lipinski definition) is 1. The van der Waals surface area contributed by atoms with Crippen LogP contribution in [0.4, 0.5) is 0 Å². The second kappa shape index (κ2) is 4.33. The van der Waals surface area contributed by atoms with Crippen LogP contribution in [0.3, 0.4) is 0 Å². The Kier molecular flexibility index (Phi) is 4.06. The molecule has 52 valence electrons. The van der Waals surface area contributed by atoms with Crippen LogP contribution >= 0.6 is 0 Å². The van der Waals surface area contributed by atoms with Crippen LogP contribution in [-0.2, 0) is 0 Å². The highest BCUT2D eigenvalue weighted by molar-refractivity contribution is 5.13. The van der Waals surface area contributed by atoms with Gasteiger partial charge in [0.1, 0.15) is 0 Å². The van der Waals surface area contributed by atoms with E-state index in [1.807, 2.05) is 39.0 Å². The van der Waals surface area contributed by atoms with E-state index >= 15 is 0 Å². The van der Waals surface area contributed by atoms with Gasteiger partial charge in [0.05, 0.1) is 0 Å². The topological polar surface area (TPSA) is 26.0 Å². The van der Waals surface area contributed by atoms with Gasteiger partial charge in [-0.1, -0.05) is 23.8 Å². The van der Waals surface area contributed by atoms with E-state index in [0.717, 1.165) is 0 Å². The number of allylic oxidation sites excluding steroid dienone is 3. The number of hydrogen-bond donors (Lipinski definition) is 1. The van der Waals surface area contributed by atoms with Gasteiger partial charge in [-0.15, -0.1) is 0 Å². The standard InChI is InChI=1S/C8H15N/c1-4-5-6-7(2)8(3)9/h4-6,8H,9H2,1-3H3/b5-4-,7-6+. The molecule has 1 nitrogen and oxygen atoms in total. The molecule has 0 aliphatic carbocycles. The van der Waals surface area contributed by atoms with Gasteiger partial charge in [-0.2, -0.15) is 0 Å². The molecule has 0 aromatic heterocycles. The first-order valence-electron chi connectivity index (χ1n) is 3.23. The van der Waals surface area contributed by atoms with Crippen LogP contribution in [0.2, 0.25) is 0 Å². The van der Waals surface area contributed by atoms with E-state index in [1.165, 1.54) is 5.57 Å². The largest absolute Gasteiger partial charge is 0.324 e. The lowest BCUT2D eigenvalue weighted by atomic mass is 10.1. The van der Waals surface area contributed by atoms with Crippen molar-refractivity contribution in [2.24, 2.45) is 5.73 Å². The van der Waals surface area contributed by atoms with E-state index in [2.05, 4.69) is 0 Å². The van der Waals surface area contributed by atoms with Crippen molar-refractivity contribution < 1.29 is 0 Å². The fraction of sp³-hybridized carbons (Fsp3) is 0.500. The van der Waals surface area contributed by atoms with Crippen molar-refractivity contribution >= 4 is 0 Å². The molecule has 1 atom stereocenters. The molecule has 0 amide bonds. The van der Waals surface area contributed by atoms with Crippen molar-refractivity contribution in [3.05, 3.63) is 23.8 Å². The molecule has 0 aliphatic rings. The summed E-state index contributed by atoms with van der Waals surface area (Å²) in [6.07, 6.45) is 6.02. The molecule has 0 aromatic carbocycles. The van der Waals surface area contributed by atoms with E-state index in [0.29, 0.717) is 0 Å². The fourth-order valence-electron chi connectivity index (χ4n) is 0.400. The summed E-state index contributed by atoms with van der Waals surface area (Å²) in [4.78, 5) is 0. The zero-order valence-electron chi connectivity index (χ0n) is 6.39. The zero-order valence-corrected chi connectivity index (χ0v) is 6.39. The molecule has 2 N–H and O–H groups in total. The Hall–Kier alpha value is -0.560. The quantitative estimate of drug-likeness (QED) is 0.560. The fourth-order valence-corrected chi connectivity index (χ4v) is 0.400. The zero-order chi connectivity index (χ0) is 7.28. The average molecular weight is 125 g/mol. The first-order chi connectivity index (χ1) is 4.18. The second-order valence-corrected chi connectivity index (χ2v) is 2.23. The Morgan fingerprint density at radius 1 is 1.56 bits per heavy atom. The monoisotopic (exact) mass is 125 g/mol. The number of nitrogens with two attached hydrogens (primary N) is 1. The summed E-state index contributed by atoms with van der Waals surface area (Å²) >= 11 is 0. The summed E-state index contributed by atoms with van der Waals surface area (Å²) < 4.78 is 0. The SMILES string of the molecule is C/C=C\C=C(/C)C(C)N. The van der Waals surface area contributed by atoms with Crippen molar-refractivity contribution in [1.82, 2.24) is 0 Å². The highest BCUT2D eigenvalue weighted by atomic mass is 14.6. The van der Waals surface area contributed by atoms with E-state index in [1.54, 1.807) is 0 Å². The van der Waals surface area contributed by atoms with Crippen LogP contribution in [0.15, 0.2) is 23.8 Å². The van der Waals surface area contributed by atoms with E-state index < -0.39 is 0 Å². The second-order valence-electron chi connectivity index (χ2n) is 2.23. The lowest BCUT2D eigenvalue weighted by Crippen LogP contribution is -2.15. The Morgan fingerprint density at radius 3 is 2.44 bits per heavy atom. The third-order valence-corrected chi connectivity index (χ3v) is 1.27. The predicted molar refractivity (Wildman–Crippen MR) is 42.2 cm³/mol. The highest BCUT2D eigenvalue weighted by Crippen LogP contribution is 1.96. The van der Waals surface area contributed by atoms with Crippen LogP contribution in [0.5, 0.6) is 0 Å². The predicted octanol–water partition coefficient (Wildman–Crippen LogP) is 1.86. The maximum absolute atomic E-state index is 5.57. The molecule has 1 heteroatoms. The molecule has 0 saturated carbocycles. The molecule has 1 unspecified atom stereocenters. The maximum Gasteiger partial charge on any atom is 0.0225 e. The van der Waals surface area contributed by atoms with E-state index in [4.69, 9.17) is 5.73 Å². The van der Waals surface area contributed by atoms with Crippen molar-refractivity contribution in [2.45, 2.75) is 26.8 Å². The van der Waals surface area contributed by atoms with Gasteiger partial charge in [0.25, 0.3) is 0 Å². The van der Waals surface area contributed by atoms with Gasteiger partial charge in [-0.05, 0) is 20.8 Å². The highest BCUT2D eigenvalue weighted by Gasteiger charge is 1.91. The first-order valence-corrected chi connectivity index (χ1v) is 3.23. The molecule has 0 bridgehead atoms. The van der Waals surface area contributed by atoms with Crippen LogP contribution in [0, 0.1) is 0 Å². The minimum Gasteiger partial charge on any atom is -0.324 e. The minimum atomic E-state index is 0.182. The van der Waals surface area contributed by atoms with Crippen molar-refractivity contribution in [2.75, 3.05) is 0 Å². The Balaban J connectivity index is 3.84. The average Bonchev–Trinajstić information content (AvgIpc) is 1.82. The summed E-state index contributed by atoms with van der Waals surface area (Å²) in [5.74, 6) is 0. The third-order valence-electron chi connectivity index (χ3n) is 1.27. The molecular formula is C8H15N. The molecule has 0 saturated heterocycles. The smallest absolute Gasteiger partial charge is 0.0225 e. The van der Waals surface area contributed by atoms with Gasteiger partial charge in [0, 0.05) is 6.04 Å². The Bertz CT molecular complexity index is 121. The molecule has 0 aliphatic heterocycles. The molecule has 0 aromatic rings. The third kappa shape index (κ3) is 3.98. The van der Waals surface area contributed by atoms with Gasteiger partial charge in [-0.25, -0.2) is 0 Å². The van der Waals surface area contributed by atoms with Crippen molar-refractivity contribution in [1.29, 1.82) is 0 Å². The van der Waals surface area contributed by atoms with Crippen molar-refractivity contribution in [3.8, 4) is 0 Å². The summed E-state index contributed by atoms with van der Waals surface area (Å²) in [6, 6.07) is 0.182. The van der Waals surface area contributed by atoms with E-state index in [-0.39, 0.29) is 6.04 Å². The summed E-state index contributed by atoms with van der Waals surface area (Å²) in [6.45, 7) is 6.00. The van der Waals surface area contributed by atoms with Gasteiger partial charge < -0.3 is 5.73 Å².